The molecule has 0 N–H and O–H groups in total. The van der Waals surface area contributed by atoms with E-state index in [-0.39, 0.29) is 23.3 Å². The Bertz CT molecular complexity index is 1300. The van der Waals surface area contributed by atoms with E-state index in [1.54, 1.807) is 13.8 Å². The molecule has 9 heteroatoms. The molecule has 0 aliphatic carbocycles. The van der Waals surface area contributed by atoms with Gasteiger partial charge in [0.15, 0.2) is 5.78 Å². The third kappa shape index (κ3) is 4.35. The molecule has 0 spiro atoms. The van der Waals surface area contributed by atoms with E-state index in [4.69, 9.17) is 4.74 Å². The SMILES string of the molecule is Cc1nn(CC(=O)c2cc(C)n([C@H](C)c3ccccc3)c2C)c(C)c1S(=O)(=O)N1CCOCC1. The van der Waals surface area contributed by atoms with Crippen LogP contribution in [-0.4, -0.2) is 59.2 Å². The number of aromatic nitrogens is 3. The summed E-state index contributed by atoms with van der Waals surface area (Å²) in [6, 6.07) is 12.2. The van der Waals surface area contributed by atoms with Crippen LogP contribution < -0.4 is 0 Å². The van der Waals surface area contributed by atoms with Crippen LogP contribution >= 0.6 is 0 Å². The van der Waals surface area contributed by atoms with Crippen molar-refractivity contribution in [3.63, 3.8) is 0 Å². The minimum atomic E-state index is -3.70. The number of benzene rings is 1. The summed E-state index contributed by atoms with van der Waals surface area (Å²) in [7, 11) is -3.70. The molecule has 34 heavy (non-hydrogen) atoms. The fourth-order valence-corrected chi connectivity index (χ4v) is 6.66. The average Bonchev–Trinajstić information content (AvgIpc) is 3.28. The molecule has 4 rings (SSSR count). The minimum absolute atomic E-state index is 0.0185. The van der Waals surface area contributed by atoms with E-state index in [9.17, 15) is 13.2 Å². The van der Waals surface area contributed by atoms with Crippen molar-refractivity contribution in [1.29, 1.82) is 0 Å². The van der Waals surface area contributed by atoms with Crippen LogP contribution in [0.4, 0.5) is 0 Å². The van der Waals surface area contributed by atoms with Gasteiger partial charge in [0.25, 0.3) is 0 Å². The summed E-state index contributed by atoms with van der Waals surface area (Å²) in [4.78, 5) is 13.5. The number of morpholine rings is 1. The number of nitrogens with zero attached hydrogens (tertiary/aromatic N) is 4. The van der Waals surface area contributed by atoms with Gasteiger partial charge in [-0.2, -0.15) is 9.40 Å². The molecule has 0 saturated carbocycles. The van der Waals surface area contributed by atoms with Crippen molar-refractivity contribution in [2.75, 3.05) is 26.3 Å². The molecule has 1 fully saturated rings. The van der Waals surface area contributed by atoms with Gasteiger partial charge in [-0.25, -0.2) is 8.42 Å². The number of ketones is 1. The van der Waals surface area contributed by atoms with Crippen molar-refractivity contribution in [3.8, 4) is 0 Å². The highest BCUT2D eigenvalue weighted by molar-refractivity contribution is 7.89. The summed E-state index contributed by atoms with van der Waals surface area (Å²) < 4.78 is 36.9. The second-order valence-corrected chi connectivity index (χ2v) is 10.7. The first-order valence-corrected chi connectivity index (χ1v) is 13.0. The number of carbonyl (C=O) groups is 1. The van der Waals surface area contributed by atoms with Gasteiger partial charge in [-0.15, -0.1) is 0 Å². The molecule has 2 aromatic heterocycles. The normalized spacial score (nSPS) is 16.0. The monoisotopic (exact) mass is 484 g/mol. The van der Waals surface area contributed by atoms with E-state index in [2.05, 4.69) is 28.7 Å². The van der Waals surface area contributed by atoms with Gasteiger partial charge in [-0.05, 0) is 46.2 Å². The maximum Gasteiger partial charge on any atom is 0.246 e. The Kier molecular flexibility index (Phi) is 6.80. The molecule has 0 radical (unpaired) electrons. The lowest BCUT2D eigenvalue weighted by molar-refractivity contribution is 0.0730. The van der Waals surface area contributed by atoms with Crippen molar-refractivity contribution in [1.82, 2.24) is 18.7 Å². The maximum atomic E-state index is 13.3. The van der Waals surface area contributed by atoms with Crippen LogP contribution in [0.5, 0.6) is 0 Å². The number of carbonyl (C=O) groups excluding carboxylic acids is 1. The van der Waals surface area contributed by atoms with Gasteiger partial charge in [0.2, 0.25) is 10.0 Å². The summed E-state index contributed by atoms with van der Waals surface area (Å²) in [5.74, 6) is -0.0967. The quantitative estimate of drug-likeness (QED) is 0.480. The van der Waals surface area contributed by atoms with Crippen LogP contribution in [0.15, 0.2) is 41.3 Å². The molecule has 3 aromatic rings. The van der Waals surface area contributed by atoms with Crippen molar-refractivity contribution in [3.05, 3.63) is 70.3 Å². The molecule has 1 aliphatic rings. The van der Waals surface area contributed by atoms with Gasteiger partial charge in [0.05, 0.1) is 30.6 Å². The zero-order valence-corrected chi connectivity index (χ0v) is 21.2. The van der Waals surface area contributed by atoms with Crippen LogP contribution in [0.2, 0.25) is 0 Å². The largest absolute Gasteiger partial charge is 0.379 e. The summed E-state index contributed by atoms with van der Waals surface area (Å²) >= 11 is 0. The molecule has 0 amide bonds. The molecular weight excluding hydrogens is 452 g/mol. The third-order valence-electron chi connectivity index (χ3n) is 6.63. The van der Waals surface area contributed by atoms with Crippen molar-refractivity contribution < 1.29 is 17.9 Å². The summed E-state index contributed by atoms with van der Waals surface area (Å²) in [5.41, 5.74) is 4.57. The first kappa shape index (κ1) is 24.4. The molecule has 8 nitrogen and oxygen atoms in total. The van der Waals surface area contributed by atoms with Crippen molar-refractivity contribution >= 4 is 15.8 Å². The first-order valence-electron chi connectivity index (χ1n) is 11.5. The number of hydrogen-bond acceptors (Lipinski definition) is 5. The van der Waals surface area contributed by atoms with E-state index in [1.807, 2.05) is 38.1 Å². The third-order valence-corrected chi connectivity index (χ3v) is 8.78. The van der Waals surface area contributed by atoms with Crippen molar-refractivity contribution in [2.45, 2.75) is 52.1 Å². The smallest absolute Gasteiger partial charge is 0.246 e. The van der Waals surface area contributed by atoms with E-state index in [0.717, 1.165) is 11.4 Å². The Morgan fingerprint density at radius 2 is 1.71 bits per heavy atom. The van der Waals surface area contributed by atoms with Gasteiger partial charge >= 0.3 is 0 Å². The minimum Gasteiger partial charge on any atom is -0.379 e. The lowest BCUT2D eigenvalue weighted by Crippen LogP contribution is -2.41. The van der Waals surface area contributed by atoms with Crippen LogP contribution in [0, 0.1) is 27.7 Å². The Morgan fingerprint density at radius 3 is 2.35 bits per heavy atom. The fraction of sp³-hybridized carbons (Fsp3) is 0.440. The van der Waals surface area contributed by atoms with E-state index < -0.39 is 10.0 Å². The summed E-state index contributed by atoms with van der Waals surface area (Å²) in [5, 5.41) is 4.43. The highest BCUT2D eigenvalue weighted by atomic mass is 32.2. The van der Waals surface area contributed by atoms with E-state index in [1.165, 1.54) is 14.6 Å². The summed E-state index contributed by atoms with van der Waals surface area (Å²) in [6.07, 6.45) is 0. The average molecular weight is 485 g/mol. The zero-order chi connectivity index (χ0) is 24.6. The lowest BCUT2D eigenvalue weighted by atomic mass is 10.1. The molecule has 0 unspecified atom stereocenters. The summed E-state index contributed by atoms with van der Waals surface area (Å²) in [6.45, 7) is 10.8. The number of Topliss-reactive ketones (excluding diaryl/α,β-unsaturated/α-hetero) is 1. The molecule has 0 bridgehead atoms. The predicted molar refractivity (Wildman–Crippen MR) is 130 cm³/mol. The maximum absolute atomic E-state index is 13.3. The first-order chi connectivity index (χ1) is 16.1. The second kappa shape index (κ2) is 9.48. The van der Waals surface area contributed by atoms with Crippen LogP contribution in [-0.2, 0) is 21.3 Å². The zero-order valence-electron chi connectivity index (χ0n) is 20.4. The van der Waals surface area contributed by atoms with Gasteiger partial charge < -0.3 is 9.30 Å². The van der Waals surface area contributed by atoms with Gasteiger partial charge in [-0.3, -0.25) is 9.48 Å². The second-order valence-electron chi connectivity index (χ2n) is 8.84. The van der Waals surface area contributed by atoms with Gasteiger partial charge in [0.1, 0.15) is 11.4 Å². The topological polar surface area (TPSA) is 86.4 Å². The molecule has 1 aromatic carbocycles. The van der Waals surface area contributed by atoms with Crippen LogP contribution in [0.25, 0.3) is 0 Å². The molecule has 1 saturated heterocycles. The van der Waals surface area contributed by atoms with Crippen LogP contribution in [0.1, 0.15) is 51.7 Å². The number of hydrogen-bond donors (Lipinski definition) is 0. The van der Waals surface area contributed by atoms with E-state index >= 15 is 0 Å². The Hall–Kier alpha value is -2.75. The standard InChI is InChI=1S/C25H32N4O4S/c1-17-15-23(20(4)29(17)19(3)22-9-7-6-8-10-22)24(30)16-28-21(5)25(18(2)26-28)34(31,32)27-11-13-33-14-12-27/h6-10,15,19H,11-14,16H2,1-5H3/t19-/m1/s1. The number of rotatable bonds is 7. The predicted octanol–water partition coefficient (Wildman–Crippen LogP) is 3.43. The molecule has 182 valence electrons. The Labute approximate surface area is 201 Å². The fourth-order valence-electron chi connectivity index (χ4n) is 4.88. The Morgan fingerprint density at radius 1 is 1.06 bits per heavy atom. The highest BCUT2D eigenvalue weighted by Crippen LogP contribution is 2.27. The number of ether oxygens (including phenoxy) is 1. The molecular formula is C25H32N4O4S. The molecule has 1 aliphatic heterocycles. The van der Waals surface area contributed by atoms with Crippen molar-refractivity contribution in [2.24, 2.45) is 0 Å². The number of aryl methyl sites for hydroxylation is 2. The number of sulfonamides is 1. The van der Waals surface area contributed by atoms with Crippen LogP contribution in [0.3, 0.4) is 0 Å². The van der Waals surface area contributed by atoms with E-state index in [0.29, 0.717) is 43.3 Å². The highest BCUT2D eigenvalue weighted by Gasteiger charge is 2.32. The van der Waals surface area contributed by atoms with Gasteiger partial charge in [-0.1, -0.05) is 30.3 Å². The van der Waals surface area contributed by atoms with Gasteiger partial charge in [0, 0.05) is 30.0 Å². The lowest BCUT2D eigenvalue weighted by Gasteiger charge is -2.26. The molecule has 1 atom stereocenters. The Balaban J connectivity index is 1.61. The molecule has 3 heterocycles.